The zero-order chi connectivity index (χ0) is 17.2. The number of carbonyl (C=O) groups excluding carboxylic acids is 1. The topological polar surface area (TPSA) is 35.9 Å². The average Bonchev–Trinajstić information content (AvgIpc) is 2.90. The minimum atomic E-state index is -0.00491. The molecule has 0 N–H and O–H groups in total. The molecule has 4 rings (SSSR count). The highest BCUT2D eigenvalue weighted by atomic mass is 79.9. The molecule has 2 heterocycles. The summed E-state index contributed by atoms with van der Waals surface area (Å²) in [6.45, 7) is 2.77. The van der Waals surface area contributed by atoms with Gasteiger partial charge in [-0.2, -0.15) is 0 Å². The summed E-state index contributed by atoms with van der Waals surface area (Å²) in [6, 6.07) is 15.7. The molecule has 2 aliphatic rings. The van der Waals surface area contributed by atoms with Crippen LogP contribution in [-0.4, -0.2) is 36.3 Å². The molecule has 0 aliphatic carbocycles. The molecule has 2 aromatic carbocycles. The summed E-state index contributed by atoms with van der Waals surface area (Å²) in [7, 11) is 0. The second-order valence-electron chi connectivity index (χ2n) is 6.51. The van der Waals surface area contributed by atoms with Gasteiger partial charge < -0.3 is 0 Å². The van der Waals surface area contributed by atoms with Gasteiger partial charge in [-0.1, -0.05) is 40.5 Å². The fraction of sp³-hybridized carbons (Fsp3) is 0.300. The Labute approximate surface area is 156 Å². The number of hydrogen-bond acceptors (Lipinski definition) is 3. The highest BCUT2D eigenvalue weighted by Gasteiger charge is 2.34. The van der Waals surface area contributed by atoms with Gasteiger partial charge in [-0.15, -0.1) is 0 Å². The van der Waals surface area contributed by atoms with Crippen molar-refractivity contribution in [1.29, 1.82) is 0 Å². The molecule has 1 saturated heterocycles. The summed E-state index contributed by atoms with van der Waals surface area (Å²) in [5.41, 5.74) is 3.22. The molecule has 2 aromatic rings. The molecule has 1 fully saturated rings. The molecule has 0 spiro atoms. The van der Waals surface area contributed by atoms with Gasteiger partial charge in [0.15, 0.2) is 0 Å². The molecule has 0 radical (unpaired) electrons. The Kier molecular flexibility index (Phi) is 4.68. The minimum absolute atomic E-state index is 0.00491. The van der Waals surface area contributed by atoms with Crippen LogP contribution in [0, 0.1) is 0 Å². The number of para-hydroxylation sites is 1. The van der Waals surface area contributed by atoms with Crippen molar-refractivity contribution in [1.82, 2.24) is 4.90 Å². The molecule has 5 heteroatoms. The molecule has 0 bridgehead atoms. The van der Waals surface area contributed by atoms with Gasteiger partial charge in [-0.05, 0) is 56.3 Å². The van der Waals surface area contributed by atoms with Crippen molar-refractivity contribution in [2.45, 2.75) is 19.3 Å². The van der Waals surface area contributed by atoms with Gasteiger partial charge in [0.1, 0.15) is 5.71 Å². The van der Waals surface area contributed by atoms with Gasteiger partial charge in [-0.25, -0.2) is 4.99 Å². The van der Waals surface area contributed by atoms with E-state index in [1.54, 1.807) is 0 Å². The Morgan fingerprint density at radius 1 is 0.960 bits per heavy atom. The number of piperidine rings is 1. The number of carbonyl (C=O) groups is 1. The van der Waals surface area contributed by atoms with E-state index in [-0.39, 0.29) is 5.91 Å². The van der Waals surface area contributed by atoms with Gasteiger partial charge >= 0.3 is 0 Å². The van der Waals surface area contributed by atoms with E-state index in [9.17, 15) is 4.79 Å². The maximum atomic E-state index is 13.1. The largest absolute Gasteiger partial charge is 0.293 e. The lowest BCUT2D eigenvalue weighted by atomic mass is 10.1. The molecule has 0 unspecified atom stereocenters. The molecule has 25 heavy (non-hydrogen) atoms. The van der Waals surface area contributed by atoms with Gasteiger partial charge in [0.25, 0.3) is 5.91 Å². The molecule has 128 valence electrons. The maximum absolute atomic E-state index is 13.1. The number of anilines is 1. The number of hydrogen-bond donors (Lipinski definition) is 0. The van der Waals surface area contributed by atoms with Crippen LogP contribution in [0.1, 0.15) is 24.8 Å². The average molecular weight is 398 g/mol. The van der Waals surface area contributed by atoms with Crippen molar-refractivity contribution in [3.8, 4) is 0 Å². The van der Waals surface area contributed by atoms with E-state index in [0.717, 1.165) is 34.5 Å². The van der Waals surface area contributed by atoms with E-state index in [1.165, 1.54) is 19.3 Å². The van der Waals surface area contributed by atoms with Gasteiger partial charge in [0, 0.05) is 10.0 Å². The third-order valence-corrected chi connectivity index (χ3v) is 5.28. The van der Waals surface area contributed by atoms with Crippen molar-refractivity contribution in [2.75, 3.05) is 24.7 Å². The smallest absolute Gasteiger partial charge is 0.278 e. The van der Waals surface area contributed by atoms with Crippen molar-refractivity contribution in [3.63, 3.8) is 0 Å². The maximum Gasteiger partial charge on any atom is 0.278 e. The Balaban J connectivity index is 1.67. The monoisotopic (exact) mass is 397 g/mol. The number of aliphatic imine (C=N–C) groups is 1. The standard InChI is InChI=1S/C20H20BrN3O/c21-15-8-10-16(11-9-15)22-19-17-6-2-3-7-18(17)24(20(19)25)14-23-12-4-1-5-13-23/h2-3,6-11H,1,4-5,12-14H2. The van der Waals surface area contributed by atoms with Crippen molar-refractivity contribution < 1.29 is 4.79 Å². The second-order valence-corrected chi connectivity index (χ2v) is 7.42. The summed E-state index contributed by atoms with van der Waals surface area (Å²) in [5.74, 6) is -0.00491. The van der Waals surface area contributed by atoms with Gasteiger partial charge in [0.05, 0.1) is 18.0 Å². The third-order valence-electron chi connectivity index (χ3n) is 4.76. The predicted molar refractivity (Wildman–Crippen MR) is 105 cm³/mol. The van der Waals surface area contributed by atoms with E-state index in [1.807, 2.05) is 53.4 Å². The van der Waals surface area contributed by atoms with E-state index in [4.69, 9.17) is 0 Å². The first-order valence-electron chi connectivity index (χ1n) is 8.70. The van der Waals surface area contributed by atoms with E-state index in [2.05, 4.69) is 25.8 Å². The quantitative estimate of drug-likeness (QED) is 0.770. The van der Waals surface area contributed by atoms with E-state index >= 15 is 0 Å². The third kappa shape index (κ3) is 3.39. The van der Waals surface area contributed by atoms with E-state index < -0.39 is 0 Å². The Morgan fingerprint density at radius 3 is 2.44 bits per heavy atom. The zero-order valence-corrected chi connectivity index (χ0v) is 15.6. The van der Waals surface area contributed by atoms with Crippen LogP contribution in [-0.2, 0) is 4.79 Å². The number of rotatable bonds is 3. The van der Waals surface area contributed by atoms with Crippen molar-refractivity contribution in [3.05, 3.63) is 58.6 Å². The molecule has 1 amide bonds. The zero-order valence-electron chi connectivity index (χ0n) is 14.0. The lowest BCUT2D eigenvalue weighted by Gasteiger charge is -2.30. The van der Waals surface area contributed by atoms with Crippen LogP contribution in [0.2, 0.25) is 0 Å². The van der Waals surface area contributed by atoms with Gasteiger partial charge in [0.2, 0.25) is 0 Å². The van der Waals surface area contributed by atoms with Gasteiger partial charge in [-0.3, -0.25) is 14.6 Å². The van der Waals surface area contributed by atoms with Crippen LogP contribution >= 0.6 is 15.9 Å². The SMILES string of the molecule is O=C1C(=Nc2ccc(Br)cc2)c2ccccc2N1CN1CCCCC1. The van der Waals surface area contributed by atoms with Crippen LogP contribution < -0.4 is 4.90 Å². The first-order chi connectivity index (χ1) is 12.2. The summed E-state index contributed by atoms with van der Waals surface area (Å²) in [4.78, 5) is 22.0. The van der Waals surface area contributed by atoms with Crippen molar-refractivity contribution in [2.24, 2.45) is 4.99 Å². The molecule has 0 atom stereocenters. The number of benzene rings is 2. The molecular weight excluding hydrogens is 378 g/mol. The number of amides is 1. The highest BCUT2D eigenvalue weighted by molar-refractivity contribution is 9.10. The van der Waals surface area contributed by atoms with Crippen LogP contribution in [0.15, 0.2) is 58.0 Å². The predicted octanol–water partition coefficient (Wildman–Crippen LogP) is 4.36. The van der Waals surface area contributed by atoms with E-state index in [0.29, 0.717) is 12.4 Å². The second kappa shape index (κ2) is 7.10. The normalized spacial score (nSPS) is 19.5. The molecule has 2 aliphatic heterocycles. The summed E-state index contributed by atoms with van der Waals surface area (Å²) < 4.78 is 1.00. The molecule has 0 aromatic heterocycles. The minimum Gasteiger partial charge on any atom is -0.293 e. The Bertz CT molecular complexity index is 810. The van der Waals surface area contributed by atoms with Crippen LogP contribution in [0.3, 0.4) is 0 Å². The number of likely N-dealkylation sites (tertiary alicyclic amines) is 1. The summed E-state index contributed by atoms with van der Waals surface area (Å²) in [6.07, 6.45) is 3.71. The molecule has 4 nitrogen and oxygen atoms in total. The van der Waals surface area contributed by atoms with Crippen LogP contribution in [0.5, 0.6) is 0 Å². The number of halogens is 1. The first kappa shape index (κ1) is 16.5. The Morgan fingerprint density at radius 2 is 1.68 bits per heavy atom. The van der Waals surface area contributed by atoms with Crippen LogP contribution in [0.25, 0.3) is 0 Å². The fourth-order valence-electron chi connectivity index (χ4n) is 3.46. The molecular formula is C20H20BrN3O. The lowest BCUT2D eigenvalue weighted by Crippen LogP contribution is -2.43. The lowest BCUT2D eigenvalue weighted by molar-refractivity contribution is -0.112. The van der Waals surface area contributed by atoms with Crippen molar-refractivity contribution >= 4 is 38.9 Å². The Hall–Kier alpha value is -1.98. The molecule has 0 saturated carbocycles. The highest BCUT2D eigenvalue weighted by Crippen LogP contribution is 2.31. The first-order valence-corrected chi connectivity index (χ1v) is 9.49. The fourth-order valence-corrected chi connectivity index (χ4v) is 3.72. The number of nitrogens with zero attached hydrogens (tertiary/aromatic N) is 3. The summed E-state index contributed by atoms with van der Waals surface area (Å²) >= 11 is 3.43. The summed E-state index contributed by atoms with van der Waals surface area (Å²) in [5, 5.41) is 0. The number of fused-ring (bicyclic) bond motifs is 1. The van der Waals surface area contributed by atoms with Crippen LogP contribution in [0.4, 0.5) is 11.4 Å².